The van der Waals surface area contributed by atoms with Crippen molar-refractivity contribution in [2.75, 3.05) is 5.32 Å². The molecular formula is C25H35F3N4O. The molecule has 0 radical (unpaired) electrons. The number of aliphatic hydroxyl groups excluding tert-OH is 1. The molecule has 0 spiro atoms. The fourth-order valence-electron chi connectivity index (χ4n) is 3.46. The Morgan fingerprint density at radius 3 is 2.33 bits per heavy atom. The van der Waals surface area contributed by atoms with Gasteiger partial charge in [-0.15, -0.1) is 5.10 Å². The third-order valence-electron chi connectivity index (χ3n) is 4.81. The van der Waals surface area contributed by atoms with Crippen LogP contribution in [0.1, 0.15) is 71.8 Å². The van der Waals surface area contributed by atoms with E-state index in [0.29, 0.717) is 22.9 Å². The van der Waals surface area contributed by atoms with Crippen molar-refractivity contribution in [1.29, 1.82) is 0 Å². The Morgan fingerprint density at radius 1 is 1.09 bits per heavy atom. The minimum absolute atomic E-state index is 0.167. The molecule has 1 aromatic carbocycles. The van der Waals surface area contributed by atoms with Crippen LogP contribution in [-0.4, -0.2) is 31.9 Å². The SMILES string of the molecule is CC(C)O.CCC.FC(F)(F)c1cccc(-c2cnc3ccc(NC4CCCCC4)nn23)c1. The number of aromatic nitrogens is 3. The van der Waals surface area contributed by atoms with Gasteiger partial charge in [-0.25, -0.2) is 9.50 Å². The van der Waals surface area contributed by atoms with E-state index in [9.17, 15) is 13.2 Å². The Labute approximate surface area is 194 Å². The van der Waals surface area contributed by atoms with E-state index in [2.05, 4.69) is 29.2 Å². The van der Waals surface area contributed by atoms with Gasteiger partial charge in [-0.05, 0) is 51.0 Å². The molecule has 1 saturated carbocycles. The van der Waals surface area contributed by atoms with Crippen molar-refractivity contribution < 1.29 is 18.3 Å². The summed E-state index contributed by atoms with van der Waals surface area (Å²) in [6.07, 6.45) is 4.18. The third-order valence-corrected chi connectivity index (χ3v) is 4.81. The zero-order valence-electron chi connectivity index (χ0n) is 19.9. The van der Waals surface area contributed by atoms with Crippen molar-refractivity contribution >= 4 is 11.5 Å². The molecule has 8 heteroatoms. The second-order valence-electron chi connectivity index (χ2n) is 8.49. The van der Waals surface area contributed by atoms with Crippen LogP contribution in [0.4, 0.5) is 19.0 Å². The first-order valence-corrected chi connectivity index (χ1v) is 11.6. The third kappa shape index (κ3) is 8.35. The molecule has 2 aromatic heterocycles. The van der Waals surface area contributed by atoms with Crippen LogP contribution in [-0.2, 0) is 6.18 Å². The van der Waals surface area contributed by atoms with Gasteiger partial charge in [-0.3, -0.25) is 0 Å². The van der Waals surface area contributed by atoms with Gasteiger partial charge in [-0.2, -0.15) is 13.2 Å². The van der Waals surface area contributed by atoms with Crippen LogP contribution in [0, 0.1) is 0 Å². The van der Waals surface area contributed by atoms with Crippen LogP contribution < -0.4 is 5.32 Å². The summed E-state index contributed by atoms with van der Waals surface area (Å²) >= 11 is 0. The molecule has 1 aliphatic carbocycles. The fraction of sp³-hybridized carbons (Fsp3) is 0.520. The maximum Gasteiger partial charge on any atom is 0.416 e. The standard InChI is InChI=1S/C19H19F3N4.C3H8O.C3H8/c20-19(21,22)14-6-4-5-13(11-14)16-12-23-18-10-9-17(25-26(16)18)24-15-7-2-1-3-8-15;1-3(2)4;1-3-2/h4-6,9-12,15H,1-3,7-8H2,(H,24,25);3-4H,1-2H3;3H2,1-2H3. The van der Waals surface area contributed by atoms with Crippen molar-refractivity contribution in [3.8, 4) is 11.3 Å². The van der Waals surface area contributed by atoms with Gasteiger partial charge in [0, 0.05) is 17.7 Å². The van der Waals surface area contributed by atoms with Crippen molar-refractivity contribution in [2.45, 2.75) is 84.5 Å². The summed E-state index contributed by atoms with van der Waals surface area (Å²) in [5.41, 5.74) is 0.904. The molecule has 2 heterocycles. The van der Waals surface area contributed by atoms with E-state index in [0.717, 1.165) is 30.8 Å². The van der Waals surface area contributed by atoms with Gasteiger partial charge in [0.2, 0.25) is 0 Å². The van der Waals surface area contributed by atoms with E-state index in [1.165, 1.54) is 31.7 Å². The lowest BCUT2D eigenvalue weighted by molar-refractivity contribution is -0.137. The van der Waals surface area contributed by atoms with Crippen LogP contribution in [0.25, 0.3) is 16.9 Å². The van der Waals surface area contributed by atoms with Gasteiger partial charge in [0.15, 0.2) is 5.65 Å². The molecule has 0 saturated heterocycles. The number of halogens is 3. The summed E-state index contributed by atoms with van der Waals surface area (Å²) < 4.78 is 40.6. The lowest BCUT2D eigenvalue weighted by Crippen LogP contribution is -2.23. The molecule has 33 heavy (non-hydrogen) atoms. The maximum atomic E-state index is 13.0. The smallest absolute Gasteiger partial charge is 0.394 e. The average Bonchev–Trinajstić information content (AvgIpc) is 3.17. The second-order valence-corrected chi connectivity index (χ2v) is 8.49. The van der Waals surface area contributed by atoms with Crippen molar-refractivity contribution in [2.24, 2.45) is 0 Å². The lowest BCUT2D eigenvalue weighted by atomic mass is 9.95. The van der Waals surface area contributed by atoms with E-state index < -0.39 is 11.7 Å². The summed E-state index contributed by atoms with van der Waals surface area (Å²) in [6, 6.07) is 9.34. The number of fused-ring (bicyclic) bond motifs is 1. The van der Waals surface area contributed by atoms with E-state index in [1.54, 1.807) is 30.6 Å². The molecule has 0 amide bonds. The van der Waals surface area contributed by atoms with Crippen LogP contribution >= 0.6 is 0 Å². The van der Waals surface area contributed by atoms with Crippen LogP contribution in [0.15, 0.2) is 42.6 Å². The van der Waals surface area contributed by atoms with E-state index >= 15 is 0 Å². The molecule has 1 aliphatic rings. The van der Waals surface area contributed by atoms with Crippen molar-refractivity contribution in [3.63, 3.8) is 0 Å². The van der Waals surface area contributed by atoms with E-state index in [4.69, 9.17) is 5.11 Å². The zero-order chi connectivity index (χ0) is 24.4. The minimum atomic E-state index is -4.38. The minimum Gasteiger partial charge on any atom is -0.394 e. The molecule has 182 valence electrons. The number of hydrogen-bond acceptors (Lipinski definition) is 4. The molecule has 5 nitrogen and oxygen atoms in total. The quantitative estimate of drug-likeness (QED) is 0.440. The Kier molecular flexibility index (Phi) is 10.2. The predicted molar refractivity (Wildman–Crippen MR) is 127 cm³/mol. The van der Waals surface area contributed by atoms with E-state index in [1.807, 2.05) is 12.1 Å². The number of anilines is 1. The fourth-order valence-corrected chi connectivity index (χ4v) is 3.46. The summed E-state index contributed by atoms with van der Waals surface area (Å²) in [4.78, 5) is 4.27. The van der Waals surface area contributed by atoms with Gasteiger partial charge in [0.25, 0.3) is 0 Å². The molecule has 0 atom stereocenters. The van der Waals surface area contributed by atoms with Gasteiger partial charge >= 0.3 is 6.18 Å². The lowest BCUT2D eigenvalue weighted by Gasteiger charge is -2.23. The van der Waals surface area contributed by atoms with Crippen LogP contribution in [0.5, 0.6) is 0 Å². The van der Waals surface area contributed by atoms with Crippen molar-refractivity contribution in [3.05, 3.63) is 48.2 Å². The number of alkyl halides is 3. The summed E-state index contributed by atoms with van der Waals surface area (Å²) in [5, 5.41) is 16.1. The number of rotatable bonds is 3. The first kappa shape index (κ1) is 26.6. The van der Waals surface area contributed by atoms with Gasteiger partial charge < -0.3 is 10.4 Å². The highest BCUT2D eigenvalue weighted by Gasteiger charge is 2.30. The van der Waals surface area contributed by atoms with Gasteiger partial charge in [0.1, 0.15) is 5.82 Å². The van der Waals surface area contributed by atoms with Gasteiger partial charge in [0.05, 0.1) is 17.5 Å². The molecule has 0 unspecified atom stereocenters. The van der Waals surface area contributed by atoms with Gasteiger partial charge in [-0.1, -0.05) is 51.7 Å². The number of hydrogen-bond donors (Lipinski definition) is 2. The molecule has 3 aromatic rings. The van der Waals surface area contributed by atoms with E-state index in [-0.39, 0.29) is 6.10 Å². The van der Waals surface area contributed by atoms with Crippen molar-refractivity contribution in [1.82, 2.24) is 14.6 Å². The first-order valence-electron chi connectivity index (χ1n) is 11.6. The predicted octanol–water partition coefficient (Wildman–Crippen LogP) is 6.96. The molecule has 0 bridgehead atoms. The molecule has 0 aliphatic heterocycles. The monoisotopic (exact) mass is 464 g/mol. The number of nitrogens with zero attached hydrogens (tertiary/aromatic N) is 3. The van der Waals surface area contributed by atoms with Crippen LogP contribution in [0.3, 0.4) is 0 Å². The highest BCUT2D eigenvalue weighted by atomic mass is 19.4. The topological polar surface area (TPSA) is 62.5 Å². The summed E-state index contributed by atoms with van der Waals surface area (Å²) in [6.45, 7) is 7.69. The highest BCUT2D eigenvalue weighted by Crippen LogP contribution is 2.32. The first-order chi connectivity index (χ1) is 15.7. The summed E-state index contributed by atoms with van der Waals surface area (Å²) in [5.74, 6) is 0.718. The Bertz CT molecular complexity index is 976. The Morgan fingerprint density at radius 2 is 1.73 bits per heavy atom. The Balaban J connectivity index is 0.000000489. The molecule has 2 N–H and O–H groups in total. The number of aliphatic hydroxyl groups is 1. The molecule has 4 rings (SSSR count). The number of nitrogens with one attached hydrogen (secondary N) is 1. The normalized spacial score (nSPS) is 14.3. The number of imidazole rings is 1. The summed E-state index contributed by atoms with van der Waals surface area (Å²) in [7, 11) is 0. The molecule has 1 fully saturated rings. The molecular weight excluding hydrogens is 429 g/mol. The Hall–Kier alpha value is -2.61. The van der Waals surface area contributed by atoms with Crippen LogP contribution in [0.2, 0.25) is 0 Å². The maximum absolute atomic E-state index is 13.0. The number of benzene rings is 1. The largest absolute Gasteiger partial charge is 0.416 e. The zero-order valence-corrected chi connectivity index (χ0v) is 19.9. The second kappa shape index (κ2) is 12.6. The average molecular weight is 465 g/mol. The highest BCUT2D eigenvalue weighted by molar-refractivity contribution is 5.64.